The van der Waals surface area contributed by atoms with Gasteiger partial charge in [0.2, 0.25) is 0 Å². The Bertz CT molecular complexity index is 981. The summed E-state index contributed by atoms with van der Waals surface area (Å²) in [5.41, 5.74) is 4.21. The van der Waals surface area contributed by atoms with Crippen LogP contribution in [0.4, 0.5) is 0 Å². The Morgan fingerprint density at radius 3 is 2.74 bits per heavy atom. The molecule has 3 aromatic heterocycles. The highest BCUT2D eigenvalue weighted by Gasteiger charge is 2.30. The number of nitrogens with zero attached hydrogens (tertiary/aromatic N) is 6. The first-order chi connectivity index (χ1) is 13.0. The van der Waals surface area contributed by atoms with Gasteiger partial charge in [0.1, 0.15) is 0 Å². The largest absolute Gasteiger partial charge is 0.336 e. The summed E-state index contributed by atoms with van der Waals surface area (Å²) in [4.78, 5) is 27.8. The molecule has 0 aromatic carbocycles. The average molecular weight is 362 g/mol. The molecule has 0 aliphatic carbocycles. The molecule has 0 spiro atoms. The average Bonchev–Trinajstić information content (AvgIpc) is 3.28. The third-order valence-corrected chi connectivity index (χ3v) is 4.97. The first kappa shape index (κ1) is 17.3. The summed E-state index contributed by atoms with van der Waals surface area (Å²) in [6.45, 7) is 7.27. The van der Waals surface area contributed by atoms with E-state index in [1.165, 1.54) is 0 Å². The van der Waals surface area contributed by atoms with Crippen molar-refractivity contribution < 1.29 is 4.79 Å². The second-order valence-electron chi connectivity index (χ2n) is 7.00. The molecule has 4 heterocycles. The zero-order valence-corrected chi connectivity index (χ0v) is 15.8. The van der Waals surface area contributed by atoms with Crippen LogP contribution in [-0.4, -0.2) is 48.6 Å². The highest BCUT2D eigenvalue weighted by atomic mass is 16.2. The zero-order valence-electron chi connectivity index (χ0n) is 15.8. The smallest absolute Gasteiger partial charge is 0.257 e. The van der Waals surface area contributed by atoms with E-state index in [-0.39, 0.29) is 11.9 Å². The molecular weight excluding hydrogens is 340 g/mol. The summed E-state index contributed by atoms with van der Waals surface area (Å²) in [5.74, 6) is 0.563. The van der Waals surface area contributed by atoms with Gasteiger partial charge < -0.3 is 4.90 Å². The van der Waals surface area contributed by atoms with Gasteiger partial charge >= 0.3 is 0 Å². The number of aryl methyl sites for hydroxylation is 3. The van der Waals surface area contributed by atoms with Gasteiger partial charge in [-0.15, -0.1) is 0 Å². The van der Waals surface area contributed by atoms with E-state index >= 15 is 0 Å². The van der Waals surface area contributed by atoms with Crippen LogP contribution in [0.15, 0.2) is 36.8 Å². The molecule has 1 saturated heterocycles. The molecule has 0 radical (unpaired) electrons. The third kappa shape index (κ3) is 3.32. The van der Waals surface area contributed by atoms with Crippen molar-refractivity contribution in [2.45, 2.75) is 33.2 Å². The highest BCUT2D eigenvalue weighted by Crippen LogP contribution is 2.25. The number of hydrogen-bond acceptors (Lipinski definition) is 5. The lowest BCUT2D eigenvalue weighted by molar-refractivity contribution is 0.0785. The van der Waals surface area contributed by atoms with Gasteiger partial charge in [0.25, 0.3) is 5.91 Å². The zero-order chi connectivity index (χ0) is 19.0. The summed E-state index contributed by atoms with van der Waals surface area (Å²) in [6.07, 6.45) is 5.96. The summed E-state index contributed by atoms with van der Waals surface area (Å²) in [7, 11) is 0. The van der Waals surface area contributed by atoms with Crippen LogP contribution in [0, 0.1) is 20.8 Å². The SMILES string of the molecule is Cc1cc(C)n([C@@H]2CCN(C(=O)c3cnc(-c4cccnc4)nc3C)C2)n1. The van der Waals surface area contributed by atoms with Gasteiger partial charge in [0.05, 0.1) is 23.0 Å². The van der Waals surface area contributed by atoms with Crippen LogP contribution in [0.25, 0.3) is 11.4 Å². The fraction of sp³-hybridized carbons (Fsp3) is 0.350. The summed E-state index contributed by atoms with van der Waals surface area (Å²) >= 11 is 0. The Morgan fingerprint density at radius 2 is 2.07 bits per heavy atom. The number of rotatable bonds is 3. The molecular formula is C20H22N6O. The topological polar surface area (TPSA) is 76.8 Å². The Kier molecular flexibility index (Phi) is 4.43. The predicted molar refractivity (Wildman–Crippen MR) is 101 cm³/mol. The van der Waals surface area contributed by atoms with Crippen molar-refractivity contribution in [3.63, 3.8) is 0 Å². The van der Waals surface area contributed by atoms with Crippen LogP contribution in [0.1, 0.15) is 39.9 Å². The van der Waals surface area contributed by atoms with Gasteiger partial charge in [-0.1, -0.05) is 0 Å². The van der Waals surface area contributed by atoms with Crippen molar-refractivity contribution in [2.75, 3.05) is 13.1 Å². The monoisotopic (exact) mass is 362 g/mol. The molecule has 138 valence electrons. The number of amides is 1. The summed E-state index contributed by atoms with van der Waals surface area (Å²) in [5, 5.41) is 4.57. The van der Waals surface area contributed by atoms with Gasteiger partial charge in [-0.25, -0.2) is 9.97 Å². The minimum absolute atomic E-state index is 0.0192. The maximum absolute atomic E-state index is 13.0. The lowest BCUT2D eigenvalue weighted by Crippen LogP contribution is -2.30. The first-order valence-corrected chi connectivity index (χ1v) is 9.09. The van der Waals surface area contributed by atoms with E-state index in [2.05, 4.69) is 33.0 Å². The first-order valence-electron chi connectivity index (χ1n) is 9.09. The van der Waals surface area contributed by atoms with Crippen molar-refractivity contribution in [2.24, 2.45) is 0 Å². The van der Waals surface area contributed by atoms with Crippen LogP contribution in [0.5, 0.6) is 0 Å². The molecule has 1 atom stereocenters. The Balaban J connectivity index is 1.52. The van der Waals surface area contributed by atoms with E-state index in [1.54, 1.807) is 18.6 Å². The Hall–Kier alpha value is -3.09. The molecule has 0 unspecified atom stereocenters. The van der Waals surface area contributed by atoms with E-state index in [4.69, 9.17) is 0 Å². The lowest BCUT2D eigenvalue weighted by atomic mass is 10.2. The minimum Gasteiger partial charge on any atom is -0.336 e. The van der Waals surface area contributed by atoms with Crippen molar-refractivity contribution in [1.29, 1.82) is 0 Å². The van der Waals surface area contributed by atoms with E-state index in [1.807, 2.05) is 35.6 Å². The molecule has 0 N–H and O–H groups in total. The molecule has 1 aliphatic heterocycles. The molecule has 3 aromatic rings. The molecule has 4 rings (SSSR count). The van der Waals surface area contributed by atoms with Gasteiger partial charge in [-0.2, -0.15) is 5.10 Å². The molecule has 1 amide bonds. The summed E-state index contributed by atoms with van der Waals surface area (Å²) < 4.78 is 2.04. The molecule has 0 bridgehead atoms. The van der Waals surface area contributed by atoms with Crippen LogP contribution >= 0.6 is 0 Å². The fourth-order valence-electron chi connectivity index (χ4n) is 3.62. The standard InChI is InChI=1S/C20H22N6O/c1-13-9-14(2)26(24-13)17-6-8-25(12-17)20(27)18-11-22-19(23-15(18)3)16-5-4-7-21-10-16/h4-5,7,9-11,17H,6,8,12H2,1-3H3/t17-/m1/s1. The molecule has 1 aliphatic rings. The maximum Gasteiger partial charge on any atom is 0.257 e. The quantitative estimate of drug-likeness (QED) is 0.716. The van der Waals surface area contributed by atoms with Crippen molar-refractivity contribution >= 4 is 5.91 Å². The number of pyridine rings is 1. The fourth-order valence-corrected chi connectivity index (χ4v) is 3.62. The van der Waals surface area contributed by atoms with E-state index in [0.717, 1.165) is 23.4 Å². The lowest BCUT2D eigenvalue weighted by Gasteiger charge is -2.18. The molecule has 27 heavy (non-hydrogen) atoms. The van der Waals surface area contributed by atoms with Gasteiger partial charge in [-0.05, 0) is 45.4 Å². The van der Waals surface area contributed by atoms with Crippen LogP contribution in [0.2, 0.25) is 0 Å². The third-order valence-electron chi connectivity index (χ3n) is 4.97. The van der Waals surface area contributed by atoms with Crippen LogP contribution in [0.3, 0.4) is 0 Å². The molecule has 1 fully saturated rings. The van der Waals surface area contributed by atoms with Crippen molar-refractivity contribution in [1.82, 2.24) is 29.6 Å². The van der Waals surface area contributed by atoms with E-state index in [9.17, 15) is 4.79 Å². The Morgan fingerprint density at radius 1 is 1.22 bits per heavy atom. The molecule has 0 saturated carbocycles. The molecule has 7 heteroatoms. The Labute approximate surface area is 158 Å². The second-order valence-corrected chi connectivity index (χ2v) is 7.00. The normalized spacial score (nSPS) is 16.7. The van der Waals surface area contributed by atoms with Crippen molar-refractivity contribution in [3.8, 4) is 11.4 Å². The number of carbonyl (C=O) groups is 1. The van der Waals surface area contributed by atoms with Crippen molar-refractivity contribution in [3.05, 3.63) is 59.4 Å². The number of likely N-dealkylation sites (tertiary alicyclic amines) is 1. The number of aromatic nitrogens is 5. The number of carbonyl (C=O) groups excluding carboxylic acids is 1. The van der Waals surface area contributed by atoms with E-state index < -0.39 is 0 Å². The van der Waals surface area contributed by atoms with E-state index in [0.29, 0.717) is 30.2 Å². The summed E-state index contributed by atoms with van der Waals surface area (Å²) in [6, 6.07) is 6.04. The predicted octanol–water partition coefficient (Wildman–Crippen LogP) is 2.75. The van der Waals surface area contributed by atoms with Gasteiger partial charge in [-0.3, -0.25) is 14.5 Å². The second kappa shape index (κ2) is 6.90. The minimum atomic E-state index is -0.0192. The van der Waals surface area contributed by atoms with Gasteiger partial charge in [0, 0.05) is 42.9 Å². The van der Waals surface area contributed by atoms with Crippen LogP contribution < -0.4 is 0 Å². The highest BCUT2D eigenvalue weighted by molar-refractivity contribution is 5.95. The van der Waals surface area contributed by atoms with Crippen LogP contribution in [-0.2, 0) is 0 Å². The maximum atomic E-state index is 13.0. The van der Waals surface area contributed by atoms with Gasteiger partial charge in [0.15, 0.2) is 5.82 Å². The molecule has 7 nitrogen and oxygen atoms in total. The number of hydrogen-bond donors (Lipinski definition) is 0.